The van der Waals surface area contributed by atoms with Crippen molar-refractivity contribution in [1.82, 2.24) is 4.98 Å². The molecular formula is C13H15FN2S. The molecule has 2 nitrogen and oxygen atoms in total. The topological polar surface area (TPSA) is 38.9 Å². The molecule has 1 atom stereocenters. The Morgan fingerprint density at radius 3 is 2.76 bits per heavy atom. The first-order chi connectivity index (χ1) is 8.29. The first kappa shape index (κ1) is 12.2. The maximum absolute atomic E-state index is 13.5. The highest BCUT2D eigenvalue weighted by Gasteiger charge is 2.12. The number of benzene rings is 1. The van der Waals surface area contributed by atoms with E-state index in [1.165, 1.54) is 10.9 Å². The summed E-state index contributed by atoms with van der Waals surface area (Å²) in [5.41, 5.74) is 8.30. The molecule has 0 bridgehead atoms. The lowest BCUT2D eigenvalue weighted by Crippen LogP contribution is -2.19. The minimum Gasteiger partial charge on any atom is -0.330 e. The van der Waals surface area contributed by atoms with E-state index in [2.05, 4.69) is 4.98 Å². The average molecular weight is 250 g/mol. The molecule has 0 aliphatic rings. The molecule has 2 rings (SSSR count). The molecule has 0 amide bonds. The van der Waals surface area contributed by atoms with E-state index in [1.807, 2.05) is 23.8 Å². The normalized spacial score (nSPS) is 12.6. The molecule has 0 saturated heterocycles. The molecule has 1 unspecified atom stereocenters. The number of nitrogens with zero attached hydrogens (tertiary/aromatic N) is 1. The van der Waals surface area contributed by atoms with Crippen molar-refractivity contribution in [2.45, 2.75) is 12.8 Å². The predicted molar refractivity (Wildman–Crippen MR) is 68.5 cm³/mol. The van der Waals surface area contributed by atoms with Crippen LogP contribution in [0.15, 0.2) is 36.0 Å². The number of hydrogen-bond acceptors (Lipinski definition) is 3. The van der Waals surface area contributed by atoms with Crippen LogP contribution in [0.25, 0.3) is 0 Å². The van der Waals surface area contributed by atoms with Gasteiger partial charge in [0.15, 0.2) is 0 Å². The number of hydrogen-bond donors (Lipinski definition) is 1. The Kier molecular flexibility index (Phi) is 4.23. The van der Waals surface area contributed by atoms with Crippen LogP contribution in [0.1, 0.15) is 10.4 Å². The number of halogens is 1. The largest absolute Gasteiger partial charge is 0.330 e. The highest BCUT2D eigenvalue weighted by atomic mass is 32.1. The molecule has 0 aliphatic heterocycles. The Hall–Kier alpha value is -1.26. The van der Waals surface area contributed by atoms with Gasteiger partial charge in [-0.2, -0.15) is 0 Å². The summed E-state index contributed by atoms with van der Waals surface area (Å²) in [5, 5.41) is 0. The monoisotopic (exact) mass is 250 g/mol. The Labute approximate surface area is 104 Å². The van der Waals surface area contributed by atoms with Crippen LogP contribution in [0.2, 0.25) is 0 Å². The number of rotatable bonds is 5. The van der Waals surface area contributed by atoms with Crippen LogP contribution in [-0.4, -0.2) is 11.5 Å². The van der Waals surface area contributed by atoms with E-state index in [4.69, 9.17) is 5.73 Å². The Balaban J connectivity index is 2.03. The van der Waals surface area contributed by atoms with Crippen molar-refractivity contribution in [1.29, 1.82) is 0 Å². The Morgan fingerprint density at radius 1 is 1.29 bits per heavy atom. The summed E-state index contributed by atoms with van der Waals surface area (Å²) in [6, 6.07) is 6.89. The van der Waals surface area contributed by atoms with E-state index in [-0.39, 0.29) is 11.7 Å². The second kappa shape index (κ2) is 5.89. The second-order valence-corrected chi connectivity index (χ2v) is 5.04. The van der Waals surface area contributed by atoms with Gasteiger partial charge >= 0.3 is 0 Å². The third kappa shape index (κ3) is 3.35. The van der Waals surface area contributed by atoms with Crippen LogP contribution in [0.3, 0.4) is 0 Å². The lowest BCUT2D eigenvalue weighted by molar-refractivity contribution is 0.514. The zero-order valence-corrected chi connectivity index (χ0v) is 10.3. The summed E-state index contributed by atoms with van der Waals surface area (Å²) in [4.78, 5) is 5.24. The molecule has 0 radical (unpaired) electrons. The number of thiazole rings is 1. The van der Waals surface area contributed by atoms with Crippen molar-refractivity contribution < 1.29 is 4.39 Å². The first-order valence-corrected chi connectivity index (χ1v) is 6.48. The molecule has 1 aromatic carbocycles. The molecule has 90 valence electrons. The molecule has 0 saturated carbocycles. The summed E-state index contributed by atoms with van der Waals surface area (Å²) < 4.78 is 13.5. The molecule has 2 N–H and O–H groups in total. The van der Waals surface area contributed by atoms with Crippen molar-refractivity contribution in [2.75, 3.05) is 6.54 Å². The van der Waals surface area contributed by atoms with Gasteiger partial charge in [-0.3, -0.25) is 4.98 Å². The van der Waals surface area contributed by atoms with Gasteiger partial charge in [0, 0.05) is 11.1 Å². The maximum Gasteiger partial charge on any atom is 0.126 e. The van der Waals surface area contributed by atoms with Crippen molar-refractivity contribution in [3.63, 3.8) is 0 Å². The molecular weight excluding hydrogens is 235 g/mol. The first-order valence-electron chi connectivity index (χ1n) is 5.60. The molecule has 0 spiro atoms. The van der Waals surface area contributed by atoms with Crippen molar-refractivity contribution in [3.8, 4) is 0 Å². The predicted octanol–water partition coefficient (Wildman–Crippen LogP) is 2.64. The summed E-state index contributed by atoms with van der Waals surface area (Å²) in [5.74, 6) is 0.127. The van der Waals surface area contributed by atoms with Crippen LogP contribution in [0.5, 0.6) is 0 Å². The minimum absolute atomic E-state index is 0.143. The number of aromatic nitrogens is 1. The van der Waals surface area contributed by atoms with E-state index in [9.17, 15) is 4.39 Å². The summed E-state index contributed by atoms with van der Waals surface area (Å²) in [6.07, 6.45) is 3.41. The van der Waals surface area contributed by atoms with Gasteiger partial charge in [-0.25, -0.2) is 4.39 Å². The lowest BCUT2D eigenvalue weighted by Gasteiger charge is -2.13. The van der Waals surface area contributed by atoms with E-state index in [0.29, 0.717) is 13.0 Å². The zero-order valence-electron chi connectivity index (χ0n) is 9.47. The van der Waals surface area contributed by atoms with Gasteiger partial charge in [-0.05, 0) is 36.9 Å². The molecule has 1 heterocycles. The lowest BCUT2D eigenvalue weighted by atomic mass is 9.95. The van der Waals surface area contributed by atoms with Crippen molar-refractivity contribution >= 4 is 11.3 Å². The van der Waals surface area contributed by atoms with Crippen LogP contribution in [-0.2, 0) is 12.8 Å². The Bertz CT molecular complexity index is 456. The molecule has 0 aliphatic carbocycles. The summed E-state index contributed by atoms with van der Waals surface area (Å²) in [6.45, 7) is 0.562. The number of nitrogens with two attached hydrogens (primary N) is 1. The maximum atomic E-state index is 13.5. The van der Waals surface area contributed by atoms with E-state index < -0.39 is 0 Å². The van der Waals surface area contributed by atoms with Gasteiger partial charge in [0.25, 0.3) is 0 Å². The van der Waals surface area contributed by atoms with Crippen molar-refractivity contribution in [2.24, 2.45) is 11.7 Å². The molecule has 4 heteroatoms. The van der Waals surface area contributed by atoms with E-state index in [1.54, 1.807) is 17.4 Å². The van der Waals surface area contributed by atoms with E-state index in [0.717, 1.165) is 12.0 Å². The SMILES string of the molecule is NCC(Cc1cncs1)Cc1ccccc1F. The third-order valence-corrected chi connectivity index (χ3v) is 3.58. The van der Waals surface area contributed by atoms with Gasteiger partial charge in [0.2, 0.25) is 0 Å². The minimum atomic E-state index is -0.143. The third-order valence-electron chi connectivity index (χ3n) is 2.77. The van der Waals surface area contributed by atoms with Crippen LogP contribution in [0.4, 0.5) is 4.39 Å². The fourth-order valence-electron chi connectivity index (χ4n) is 1.84. The highest BCUT2D eigenvalue weighted by Crippen LogP contribution is 2.18. The summed E-state index contributed by atoms with van der Waals surface area (Å²) >= 11 is 1.62. The van der Waals surface area contributed by atoms with Crippen LogP contribution in [0, 0.1) is 11.7 Å². The van der Waals surface area contributed by atoms with Gasteiger partial charge < -0.3 is 5.73 Å². The Morgan fingerprint density at radius 2 is 2.12 bits per heavy atom. The van der Waals surface area contributed by atoms with Gasteiger partial charge in [0.1, 0.15) is 5.82 Å². The van der Waals surface area contributed by atoms with Gasteiger partial charge in [0.05, 0.1) is 5.51 Å². The van der Waals surface area contributed by atoms with Gasteiger partial charge in [-0.15, -0.1) is 11.3 Å². The second-order valence-electron chi connectivity index (χ2n) is 4.07. The fourth-order valence-corrected chi connectivity index (χ4v) is 2.55. The molecule has 17 heavy (non-hydrogen) atoms. The molecule has 1 aromatic heterocycles. The fraction of sp³-hybridized carbons (Fsp3) is 0.308. The molecule has 0 fully saturated rings. The zero-order chi connectivity index (χ0) is 12.1. The quantitative estimate of drug-likeness (QED) is 0.886. The molecule has 2 aromatic rings. The highest BCUT2D eigenvalue weighted by molar-refractivity contribution is 7.09. The smallest absolute Gasteiger partial charge is 0.126 e. The van der Waals surface area contributed by atoms with Crippen LogP contribution < -0.4 is 5.73 Å². The summed E-state index contributed by atoms with van der Waals surface area (Å²) in [7, 11) is 0. The standard InChI is InChI=1S/C13H15FN2S/c14-13-4-2-1-3-11(13)5-10(7-15)6-12-8-16-9-17-12/h1-4,8-10H,5-7,15H2. The van der Waals surface area contributed by atoms with E-state index >= 15 is 0 Å². The van der Waals surface area contributed by atoms with Crippen molar-refractivity contribution in [3.05, 3.63) is 52.2 Å². The van der Waals surface area contributed by atoms with Crippen LogP contribution >= 0.6 is 11.3 Å². The van der Waals surface area contributed by atoms with Gasteiger partial charge in [-0.1, -0.05) is 18.2 Å². The average Bonchev–Trinajstić information content (AvgIpc) is 2.84.